The van der Waals surface area contributed by atoms with Crippen molar-refractivity contribution in [3.05, 3.63) is 29.6 Å². The van der Waals surface area contributed by atoms with Crippen molar-refractivity contribution in [1.82, 2.24) is 0 Å². The number of hydrogen-bond acceptors (Lipinski definition) is 1. The Bertz CT molecular complexity index is 309. The molecule has 2 atom stereocenters. The molecule has 0 fully saturated rings. The lowest BCUT2D eigenvalue weighted by molar-refractivity contribution is 0.232. The molecule has 14 heavy (non-hydrogen) atoms. The van der Waals surface area contributed by atoms with Crippen LogP contribution in [-0.2, 0) is 0 Å². The summed E-state index contributed by atoms with van der Waals surface area (Å²) in [6.45, 7) is 7.95. The van der Waals surface area contributed by atoms with Crippen LogP contribution in [0.3, 0.4) is 0 Å². The third kappa shape index (κ3) is 1.74. The standard InChI is InChI=1S/C10H11FO.C2H6/c1-6-7(2)12-9-5-3-4-8(11)10(6)9;1-2/h3-7H,1-2H3;1-2H3. The van der Waals surface area contributed by atoms with Gasteiger partial charge in [0.1, 0.15) is 17.7 Å². The molecule has 0 amide bonds. The van der Waals surface area contributed by atoms with Crippen molar-refractivity contribution in [2.24, 2.45) is 0 Å². The van der Waals surface area contributed by atoms with E-state index in [1.807, 2.05) is 33.8 Å². The lowest BCUT2D eigenvalue weighted by Crippen LogP contribution is -2.10. The fourth-order valence-electron chi connectivity index (χ4n) is 1.60. The second-order valence-electron chi connectivity index (χ2n) is 3.26. The Morgan fingerprint density at radius 2 is 1.86 bits per heavy atom. The molecule has 2 heteroatoms. The number of ether oxygens (including phenoxy) is 1. The van der Waals surface area contributed by atoms with Crippen molar-refractivity contribution in [3.63, 3.8) is 0 Å². The van der Waals surface area contributed by atoms with Crippen molar-refractivity contribution < 1.29 is 9.13 Å². The molecule has 0 bridgehead atoms. The summed E-state index contributed by atoms with van der Waals surface area (Å²) in [5.74, 6) is 0.723. The molecule has 2 unspecified atom stereocenters. The van der Waals surface area contributed by atoms with Gasteiger partial charge in [-0.05, 0) is 19.1 Å². The van der Waals surface area contributed by atoms with Gasteiger partial charge < -0.3 is 4.74 Å². The van der Waals surface area contributed by atoms with Crippen LogP contribution in [0.25, 0.3) is 0 Å². The maximum atomic E-state index is 13.2. The van der Waals surface area contributed by atoms with Crippen molar-refractivity contribution >= 4 is 0 Å². The Morgan fingerprint density at radius 3 is 2.43 bits per heavy atom. The number of halogens is 1. The Morgan fingerprint density at radius 1 is 1.21 bits per heavy atom. The van der Waals surface area contributed by atoms with Crippen LogP contribution < -0.4 is 4.74 Å². The molecule has 1 aliphatic rings. The molecule has 0 spiro atoms. The minimum absolute atomic E-state index is 0.0944. The summed E-state index contributed by atoms with van der Waals surface area (Å²) in [6.07, 6.45) is 0.0944. The van der Waals surface area contributed by atoms with Crippen LogP contribution in [0.2, 0.25) is 0 Å². The Hall–Kier alpha value is -1.05. The highest BCUT2D eigenvalue weighted by Gasteiger charge is 2.29. The smallest absolute Gasteiger partial charge is 0.130 e. The van der Waals surface area contributed by atoms with Crippen LogP contribution in [-0.4, -0.2) is 6.10 Å². The minimum atomic E-state index is -0.149. The van der Waals surface area contributed by atoms with Gasteiger partial charge in [-0.2, -0.15) is 0 Å². The zero-order chi connectivity index (χ0) is 10.7. The summed E-state index contributed by atoms with van der Waals surface area (Å²) >= 11 is 0. The predicted molar refractivity (Wildman–Crippen MR) is 56.3 cm³/mol. The van der Waals surface area contributed by atoms with Gasteiger partial charge in [0, 0.05) is 11.5 Å². The molecule has 0 saturated carbocycles. The highest BCUT2D eigenvalue weighted by Crippen LogP contribution is 2.38. The quantitative estimate of drug-likeness (QED) is 0.614. The molecule has 78 valence electrons. The number of fused-ring (bicyclic) bond motifs is 1. The molecular weight excluding hydrogens is 179 g/mol. The molecule has 0 aliphatic carbocycles. The largest absolute Gasteiger partial charge is 0.490 e. The van der Waals surface area contributed by atoms with E-state index in [2.05, 4.69) is 0 Å². The van der Waals surface area contributed by atoms with Gasteiger partial charge in [-0.1, -0.05) is 26.8 Å². The first-order valence-corrected chi connectivity index (χ1v) is 5.15. The monoisotopic (exact) mass is 196 g/mol. The van der Waals surface area contributed by atoms with Crippen molar-refractivity contribution in [2.45, 2.75) is 39.7 Å². The number of benzene rings is 1. The van der Waals surface area contributed by atoms with E-state index in [9.17, 15) is 4.39 Å². The van der Waals surface area contributed by atoms with Crippen molar-refractivity contribution in [2.75, 3.05) is 0 Å². The van der Waals surface area contributed by atoms with E-state index in [1.165, 1.54) is 6.07 Å². The van der Waals surface area contributed by atoms with E-state index >= 15 is 0 Å². The fraction of sp³-hybridized carbons (Fsp3) is 0.500. The minimum Gasteiger partial charge on any atom is -0.490 e. The second kappa shape index (κ2) is 4.45. The third-order valence-electron chi connectivity index (χ3n) is 2.49. The zero-order valence-electron chi connectivity index (χ0n) is 9.17. The molecular formula is C12H17FO. The molecule has 0 saturated heterocycles. The maximum Gasteiger partial charge on any atom is 0.130 e. The SMILES string of the molecule is CC.CC1Oc2cccc(F)c2C1C. The van der Waals surface area contributed by atoms with Crippen LogP contribution in [0.1, 0.15) is 39.2 Å². The lowest BCUT2D eigenvalue weighted by Gasteiger charge is -2.07. The summed E-state index contributed by atoms with van der Waals surface area (Å²) in [7, 11) is 0. The van der Waals surface area contributed by atoms with Gasteiger partial charge in [0.2, 0.25) is 0 Å². The van der Waals surface area contributed by atoms with Crippen LogP contribution in [0, 0.1) is 5.82 Å². The molecule has 1 heterocycles. The van der Waals surface area contributed by atoms with Gasteiger partial charge in [0.05, 0.1) is 0 Å². The van der Waals surface area contributed by atoms with Gasteiger partial charge in [-0.25, -0.2) is 4.39 Å². The summed E-state index contributed by atoms with van der Waals surface area (Å²) in [5.41, 5.74) is 0.727. The highest BCUT2D eigenvalue weighted by molar-refractivity contribution is 5.41. The Kier molecular flexibility index (Phi) is 3.50. The van der Waals surface area contributed by atoms with E-state index in [4.69, 9.17) is 4.74 Å². The Labute approximate surface area is 84.9 Å². The van der Waals surface area contributed by atoms with E-state index < -0.39 is 0 Å². The normalized spacial score (nSPS) is 23.2. The molecule has 2 rings (SSSR count). The highest BCUT2D eigenvalue weighted by atomic mass is 19.1. The van der Waals surface area contributed by atoms with Gasteiger partial charge >= 0.3 is 0 Å². The summed E-state index contributed by atoms with van der Waals surface area (Å²) in [5, 5.41) is 0. The van der Waals surface area contributed by atoms with Gasteiger partial charge in [-0.15, -0.1) is 0 Å². The predicted octanol–water partition coefficient (Wildman–Crippen LogP) is 3.74. The van der Waals surface area contributed by atoms with E-state index in [1.54, 1.807) is 6.07 Å². The maximum absolute atomic E-state index is 13.2. The molecule has 0 aromatic heterocycles. The summed E-state index contributed by atoms with van der Waals surface area (Å²) in [6, 6.07) is 4.98. The fourth-order valence-corrected chi connectivity index (χ4v) is 1.60. The molecule has 0 radical (unpaired) electrons. The summed E-state index contributed by atoms with van der Waals surface area (Å²) in [4.78, 5) is 0. The molecule has 1 nitrogen and oxygen atoms in total. The van der Waals surface area contributed by atoms with Gasteiger partial charge in [0.25, 0.3) is 0 Å². The topological polar surface area (TPSA) is 9.23 Å². The zero-order valence-corrected chi connectivity index (χ0v) is 9.17. The molecule has 0 N–H and O–H groups in total. The van der Waals surface area contributed by atoms with Crippen LogP contribution in [0.15, 0.2) is 18.2 Å². The first kappa shape index (κ1) is 11.0. The average molecular weight is 196 g/mol. The van der Waals surface area contributed by atoms with E-state index in [0.29, 0.717) is 5.75 Å². The van der Waals surface area contributed by atoms with E-state index in [0.717, 1.165) is 5.56 Å². The molecule has 1 aromatic carbocycles. The summed E-state index contributed by atoms with van der Waals surface area (Å²) < 4.78 is 18.7. The molecule has 1 aromatic rings. The van der Waals surface area contributed by atoms with Crippen molar-refractivity contribution in [1.29, 1.82) is 0 Å². The van der Waals surface area contributed by atoms with Crippen LogP contribution >= 0.6 is 0 Å². The van der Waals surface area contributed by atoms with Crippen LogP contribution in [0.5, 0.6) is 5.75 Å². The Balaban J connectivity index is 0.000000461. The first-order chi connectivity index (χ1) is 6.70. The number of hydrogen-bond donors (Lipinski definition) is 0. The third-order valence-corrected chi connectivity index (χ3v) is 2.49. The van der Waals surface area contributed by atoms with Gasteiger partial charge in [0.15, 0.2) is 0 Å². The van der Waals surface area contributed by atoms with Crippen LogP contribution in [0.4, 0.5) is 4.39 Å². The van der Waals surface area contributed by atoms with Gasteiger partial charge in [-0.3, -0.25) is 0 Å². The molecule has 1 aliphatic heterocycles. The first-order valence-electron chi connectivity index (χ1n) is 5.15. The van der Waals surface area contributed by atoms with Crippen molar-refractivity contribution in [3.8, 4) is 5.75 Å². The lowest BCUT2D eigenvalue weighted by atomic mass is 9.98. The van der Waals surface area contributed by atoms with E-state index in [-0.39, 0.29) is 17.8 Å². The average Bonchev–Trinajstić information content (AvgIpc) is 2.47. The number of rotatable bonds is 0. The second-order valence-corrected chi connectivity index (χ2v) is 3.26.